The van der Waals surface area contributed by atoms with Crippen LogP contribution in [0.25, 0.3) is 0 Å². The lowest BCUT2D eigenvalue weighted by Crippen LogP contribution is -2.11. The highest BCUT2D eigenvalue weighted by Gasteiger charge is 2.08. The maximum atomic E-state index is 9.55. The summed E-state index contributed by atoms with van der Waals surface area (Å²) in [5.41, 5.74) is 6.96. The van der Waals surface area contributed by atoms with Crippen LogP contribution in [0.2, 0.25) is 10.0 Å². The van der Waals surface area contributed by atoms with E-state index in [1.54, 1.807) is 19.2 Å². The first-order valence-electron chi connectivity index (χ1n) is 8.36. The predicted molar refractivity (Wildman–Crippen MR) is 110 cm³/mol. The molecule has 0 bridgehead atoms. The third-order valence-electron chi connectivity index (χ3n) is 2.92. The molecular formula is C18H24Cl2N2O7. The maximum absolute atomic E-state index is 9.55. The summed E-state index contributed by atoms with van der Waals surface area (Å²) in [6.45, 7) is 2.37. The number of aliphatic carboxylic acids is 2. The molecule has 11 heteroatoms. The normalized spacial score (nSPS) is 11.1. The Bertz CT molecular complexity index is 681. The monoisotopic (exact) mass is 450 g/mol. The number of nitrogens with two attached hydrogens (primary N) is 1. The van der Waals surface area contributed by atoms with Gasteiger partial charge in [0.1, 0.15) is 6.61 Å². The van der Waals surface area contributed by atoms with Crippen molar-refractivity contribution in [1.29, 1.82) is 0 Å². The fraction of sp³-hybridized carbons (Fsp3) is 0.389. The lowest BCUT2D eigenvalue weighted by molar-refractivity contribution is -0.134. The van der Waals surface area contributed by atoms with E-state index in [1.165, 1.54) is 0 Å². The Morgan fingerprint density at radius 1 is 1.07 bits per heavy atom. The summed E-state index contributed by atoms with van der Waals surface area (Å²) in [6, 6.07) is 5.32. The molecule has 0 unspecified atom stereocenters. The van der Waals surface area contributed by atoms with Gasteiger partial charge >= 0.3 is 11.9 Å². The van der Waals surface area contributed by atoms with Gasteiger partial charge in [0.15, 0.2) is 0 Å². The Morgan fingerprint density at radius 2 is 1.72 bits per heavy atom. The molecule has 0 saturated carbocycles. The second kappa shape index (κ2) is 16.8. The second-order valence-electron chi connectivity index (χ2n) is 5.15. The standard InChI is InChI=1S/C14H20Cl2N2O3.C4H4O4/c1-19-8-9-20-6-4-14(18-21-7-5-17)11-2-3-12(15)13(16)10-11;5-3(6)1-2-4(7)8/h2-3,10H,4-9,17H2,1H3;1-2H,(H,5,6)(H,7,8)/b;2-1-. The molecule has 0 aliphatic rings. The summed E-state index contributed by atoms with van der Waals surface area (Å²) in [4.78, 5) is 24.3. The maximum Gasteiger partial charge on any atom is 0.328 e. The van der Waals surface area contributed by atoms with Crippen LogP contribution in [0, 0.1) is 0 Å². The number of hydrogen-bond donors (Lipinski definition) is 3. The Labute approximate surface area is 178 Å². The average molecular weight is 451 g/mol. The van der Waals surface area contributed by atoms with Crippen molar-refractivity contribution < 1.29 is 34.1 Å². The molecule has 0 saturated heterocycles. The molecule has 0 heterocycles. The number of oxime groups is 1. The van der Waals surface area contributed by atoms with E-state index in [2.05, 4.69) is 5.16 Å². The molecular weight excluding hydrogens is 427 g/mol. The minimum atomic E-state index is -1.26. The number of nitrogens with zero attached hydrogens (tertiary/aromatic N) is 1. The van der Waals surface area contributed by atoms with Crippen molar-refractivity contribution in [3.8, 4) is 0 Å². The second-order valence-corrected chi connectivity index (χ2v) is 5.97. The largest absolute Gasteiger partial charge is 0.478 e. The summed E-state index contributed by atoms with van der Waals surface area (Å²) in [5.74, 6) is -2.51. The fourth-order valence-electron chi connectivity index (χ4n) is 1.65. The van der Waals surface area contributed by atoms with Gasteiger partial charge in [0.2, 0.25) is 0 Å². The van der Waals surface area contributed by atoms with Crippen molar-refractivity contribution >= 4 is 40.9 Å². The Hall–Kier alpha value is -2.17. The summed E-state index contributed by atoms with van der Waals surface area (Å²) < 4.78 is 10.4. The molecule has 0 aromatic heterocycles. The molecule has 0 fully saturated rings. The lowest BCUT2D eigenvalue weighted by Gasteiger charge is -2.09. The molecule has 162 valence electrons. The number of carboxylic acids is 2. The summed E-state index contributed by atoms with van der Waals surface area (Å²) in [5, 5.41) is 20.7. The zero-order valence-corrected chi connectivity index (χ0v) is 17.4. The highest BCUT2D eigenvalue weighted by Crippen LogP contribution is 2.23. The molecule has 1 rings (SSSR count). The van der Waals surface area contributed by atoms with Gasteiger partial charge in [-0.2, -0.15) is 0 Å². The van der Waals surface area contributed by atoms with Crippen LogP contribution < -0.4 is 5.73 Å². The minimum Gasteiger partial charge on any atom is -0.478 e. The Kier molecular flexibility index (Phi) is 15.5. The van der Waals surface area contributed by atoms with Crippen molar-refractivity contribution in [3.05, 3.63) is 46.0 Å². The van der Waals surface area contributed by atoms with Gasteiger partial charge in [-0.05, 0) is 12.1 Å². The van der Waals surface area contributed by atoms with Gasteiger partial charge in [-0.3, -0.25) is 0 Å². The third kappa shape index (κ3) is 14.5. The molecule has 0 amide bonds. The molecule has 0 aliphatic carbocycles. The van der Waals surface area contributed by atoms with E-state index in [0.29, 0.717) is 61.6 Å². The zero-order valence-electron chi connectivity index (χ0n) is 15.8. The van der Waals surface area contributed by atoms with Crippen molar-refractivity contribution in [2.24, 2.45) is 10.9 Å². The van der Waals surface area contributed by atoms with E-state index in [9.17, 15) is 9.59 Å². The number of ether oxygens (including phenoxy) is 2. The van der Waals surface area contributed by atoms with E-state index < -0.39 is 11.9 Å². The number of benzene rings is 1. The van der Waals surface area contributed by atoms with Crippen LogP contribution in [0.5, 0.6) is 0 Å². The van der Waals surface area contributed by atoms with Gasteiger partial charge in [-0.1, -0.05) is 34.4 Å². The molecule has 0 atom stereocenters. The van der Waals surface area contributed by atoms with Gasteiger partial charge in [-0.15, -0.1) is 0 Å². The van der Waals surface area contributed by atoms with Crippen molar-refractivity contribution in [2.75, 3.05) is 40.1 Å². The smallest absolute Gasteiger partial charge is 0.328 e. The SMILES string of the molecule is COCCOCCC(=NOCCN)c1ccc(Cl)c(Cl)c1.O=C(O)/C=C\C(=O)O. The van der Waals surface area contributed by atoms with E-state index in [-0.39, 0.29) is 0 Å². The van der Waals surface area contributed by atoms with Crippen LogP contribution in [0.4, 0.5) is 0 Å². The summed E-state index contributed by atoms with van der Waals surface area (Å²) in [6.07, 6.45) is 1.71. The first-order valence-corrected chi connectivity index (χ1v) is 9.12. The molecule has 29 heavy (non-hydrogen) atoms. The number of carboxylic acid groups (broad SMARTS) is 2. The molecule has 0 radical (unpaired) electrons. The van der Waals surface area contributed by atoms with E-state index in [0.717, 1.165) is 11.3 Å². The van der Waals surface area contributed by atoms with Crippen LogP contribution in [-0.2, 0) is 23.9 Å². The number of carbonyl (C=O) groups is 2. The Morgan fingerprint density at radius 3 is 2.24 bits per heavy atom. The lowest BCUT2D eigenvalue weighted by atomic mass is 10.1. The molecule has 1 aromatic rings. The third-order valence-corrected chi connectivity index (χ3v) is 3.66. The number of methoxy groups -OCH3 is 1. The average Bonchev–Trinajstić information content (AvgIpc) is 2.67. The van der Waals surface area contributed by atoms with Crippen molar-refractivity contribution in [2.45, 2.75) is 6.42 Å². The van der Waals surface area contributed by atoms with E-state index in [4.69, 9.17) is 53.5 Å². The molecule has 0 aliphatic heterocycles. The van der Waals surface area contributed by atoms with Crippen LogP contribution in [0.15, 0.2) is 35.5 Å². The van der Waals surface area contributed by atoms with Crippen LogP contribution >= 0.6 is 23.2 Å². The van der Waals surface area contributed by atoms with Gasteiger partial charge in [0, 0.05) is 37.8 Å². The van der Waals surface area contributed by atoms with Gasteiger partial charge in [-0.25, -0.2) is 9.59 Å². The van der Waals surface area contributed by atoms with Crippen LogP contribution in [0.1, 0.15) is 12.0 Å². The Balaban J connectivity index is 0.000000828. The quantitative estimate of drug-likeness (QED) is 0.191. The minimum absolute atomic E-state index is 0.357. The summed E-state index contributed by atoms with van der Waals surface area (Å²) in [7, 11) is 1.63. The molecule has 1 aromatic carbocycles. The predicted octanol–water partition coefficient (Wildman–Crippen LogP) is 2.44. The topological polar surface area (TPSA) is 141 Å². The first-order chi connectivity index (χ1) is 13.8. The zero-order chi connectivity index (χ0) is 22.1. The van der Waals surface area contributed by atoms with Crippen molar-refractivity contribution in [1.82, 2.24) is 0 Å². The first kappa shape index (κ1) is 26.8. The number of rotatable bonds is 12. The fourth-order valence-corrected chi connectivity index (χ4v) is 1.95. The van der Waals surface area contributed by atoms with Crippen LogP contribution in [-0.4, -0.2) is 67.9 Å². The summed E-state index contributed by atoms with van der Waals surface area (Å²) >= 11 is 11.9. The van der Waals surface area contributed by atoms with E-state index in [1.807, 2.05) is 6.07 Å². The molecule has 4 N–H and O–H groups in total. The van der Waals surface area contributed by atoms with Gasteiger partial charge in [0.25, 0.3) is 0 Å². The highest BCUT2D eigenvalue weighted by molar-refractivity contribution is 6.42. The number of halogens is 2. The van der Waals surface area contributed by atoms with Gasteiger partial charge < -0.3 is 30.3 Å². The molecule has 9 nitrogen and oxygen atoms in total. The number of hydrogen-bond acceptors (Lipinski definition) is 7. The van der Waals surface area contributed by atoms with Crippen molar-refractivity contribution in [3.63, 3.8) is 0 Å². The van der Waals surface area contributed by atoms with E-state index >= 15 is 0 Å². The molecule has 0 spiro atoms. The van der Waals surface area contributed by atoms with Crippen LogP contribution in [0.3, 0.4) is 0 Å². The van der Waals surface area contributed by atoms with Gasteiger partial charge in [0.05, 0.1) is 35.6 Å². The highest BCUT2D eigenvalue weighted by atomic mass is 35.5.